The highest BCUT2D eigenvalue weighted by Crippen LogP contribution is 2.23. The van der Waals surface area contributed by atoms with Crippen LogP contribution in [-0.2, 0) is 20.9 Å². The third kappa shape index (κ3) is 5.09. The quantitative estimate of drug-likeness (QED) is 0.876. The van der Waals surface area contributed by atoms with Crippen molar-refractivity contribution in [3.8, 4) is 0 Å². The van der Waals surface area contributed by atoms with Crippen LogP contribution < -0.4 is 5.32 Å². The van der Waals surface area contributed by atoms with Gasteiger partial charge in [-0.15, -0.1) is 0 Å². The van der Waals surface area contributed by atoms with Crippen molar-refractivity contribution >= 4 is 12.0 Å². The fraction of sp³-hybridized carbons (Fsp3) is 0.500. The Kier molecular flexibility index (Phi) is 6.24. The van der Waals surface area contributed by atoms with Gasteiger partial charge in [0.05, 0.1) is 6.04 Å². The predicted octanol–water partition coefficient (Wildman–Crippen LogP) is 2.44. The fourth-order valence-corrected chi connectivity index (χ4v) is 2.53. The van der Waals surface area contributed by atoms with Crippen molar-refractivity contribution in [2.75, 3.05) is 13.2 Å². The molecule has 25 heavy (non-hydrogen) atoms. The third-order valence-electron chi connectivity index (χ3n) is 3.68. The number of alkyl halides is 3. The molecule has 0 saturated carbocycles. The van der Waals surface area contributed by atoms with Gasteiger partial charge in [-0.1, -0.05) is 30.3 Å². The van der Waals surface area contributed by atoms with Gasteiger partial charge in [-0.05, 0) is 18.9 Å². The van der Waals surface area contributed by atoms with E-state index in [9.17, 15) is 22.8 Å². The second-order valence-corrected chi connectivity index (χ2v) is 5.45. The number of amides is 2. The van der Waals surface area contributed by atoms with Gasteiger partial charge in [-0.25, -0.2) is 4.79 Å². The van der Waals surface area contributed by atoms with Crippen LogP contribution >= 0.6 is 0 Å². The Morgan fingerprint density at radius 1 is 1.28 bits per heavy atom. The van der Waals surface area contributed by atoms with E-state index in [4.69, 9.17) is 9.47 Å². The summed E-state index contributed by atoms with van der Waals surface area (Å²) in [5, 5.41) is 1.87. The van der Waals surface area contributed by atoms with E-state index in [-0.39, 0.29) is 26.2 Å². The summed E-state index contributed by atoms with van der Waals surface area (Å²) in [5.41, 5.74) is 0.782. The van der Waals surface area contributed by atoms with E-state index in [1.807, 2.05) is 11.4 Å². The number of hydrogen-bond donors (Lipinski definition) is 1. The standard InChI is InChI=1S/C16H19F3N2O4/c1-2-24-13-12(20-14(22)16(17,18)19)8-9-21(13)15(23)25-10-11-6-4-3-5-7-11/h3-7,12-13H,2,8-10H2,1H3,(H,20,22)/t12-,13-/m0/s1. The number of nitrogens with one attached hydrogen (secondary N) is 1. The molecule has 0 radical (unpaired) electrons. The van der Waals surface area contributed by atoms with Crippen LogP contribution in [0.1, 0.15) is 18.9 Å². The Labute approximate surface area is 142 Å². The molecule has 1 fully saturated rings. The highest BCUT2D eigenvalue weighted by atomic mass is 19.4. The van der Waals surface area contributed by atoms with Crippen LogP contribution in [0.3, 0.4) is 0 Å². The Bertz CT molecular complexity index is 595. The van der Waals surface area contributed by atoms with E-state index in [1.165, 1.54) is 4.90 Å². The van der Waals surface area contributed by atoms with E-state index in [0.29, 0.717) is 0 Å². The molecule has 1 aliphatic rings. The predicted molar refractivity (Wildman–Crippen MR) is 81.3 cm³/mol. The van der Waals surface area contributed by atoms with E-state index >= 15 is 0 Å². The first-order valence-electron chi connectivity index (χ1n) is 7.79. The molecule has 0 unspecified atom stereocenters. The summed E-state index contributed by atoms with van der Waals surface area (Å²) >= 11 is 0. The van der Waals surface area contributed by atoms with Crippen LogP contribution in [-0.4, -0.2) is 48.5 Å². The molecule has 1 aromatic carbocycles. The molecule has 1 N–H and O–H groups in total. The third-order valence-corrected chi connectivity index (χ3v) is 3.68. The minimum absolute atomic E-state index is 0.0363. The normalized spacial score (nSPS) is 20.4. The highest BCUT2D eigenvalue weighted by Gasteiger charge is 2.45. The summed E-state index contributed by atoms with van der Waals surface area (Å²) < 4.78 is 47.8. The van der Waals surface area contributed by atoms with Crippen molar-refractivity contribution in [1.29, 1.82) is 0 Å². The van der Waals surface area contributed by atoms with Gasteiger partial charge in [-0.3, -0.25) is 9.69 Å². The molecule has 138 valence electrons. The van der Waals surface area contributed by atoms with E-state index in [0.717, 1.165) is 5.56 Å². The first-order valence-corrected chi connectivity index (χ1v) is 7.79. The van der Waals surface area contributed by atoms with Crippen LogP contribution in [0.4, 0.5) is 18.0 Å². The van der Waals surface area contributed by atoms with Crippen molar-refractivity contribution in [3.05, 3.63) is 35.9 Å². The lowest BCUT2D eigenvalue weighted by atomic mass is 10.2. The lowest BCUT2D eigenvalue weighted by Crippen LogP contribution is -2.51. The Morgan fingerprint density at radius 2 is 1.96 bits per heavy atom. The second kappa shape index (κ2) is 8.19. The summed E-state index contributed by atoms with van der Waals surface area (Å²) in [6.45, 7) is 1.98. The molecule has 0 spiro atoms. The molecule has 2 rings (SSSR count). The SMILES string of the molecule is CCO[C@H]1[C@@H](NC(=O)C(F)(F)F)CCN1C(=O)OCc1ccccc1. The molecule has 1 heterocycles. The molecule has 0 aliphatic carbocycles. The second-order valence-electron chi connectivity index (χ2n) is 5.45. The summed E-state index contributed by atoms with van der Waals surface area (Å²) in [6.07, 6.45) is -6.55. The number of nitrogens with zero attached hydrogens (tertiary/aromatic N) is 1. The maximum atomic E-state index is 12.4. The monoisotopic (exact) mass is 360 g/mol. The molecular weight excluding hydrogens is 341 g/mol. The average molecular weight is 360 g/mol. The van der Waals surface area contributed by atoms with Gasteiger partial charge in [0.2, 0.25) is 0 Å². The number of ether oxygens (including phenoxy) is 2. The van der Waals surface area contributed by atoms with Crippen LogP contribution in [0.15, 0.2) is 30.3 Å². The van der Waals surface area contributed by atoms with Crippen molar-refractivity contribution in [3.63, 3.8) is 0 Å². The summed E-state index contributed by atoms with van der Waals surface area (Å²) in [4.78, 5) is 24.5. The van der Waals surface area contributed by atoms with Gasteiger partial charge in [-0.2, -0.15) is 13.2 Å². The number of carbonyl (C=O) groups excluding carboxylic acids is 2. The molecule has 2 atom stereocenters. The van der Waals surface area contributed by atoms with Gasteiger partial charge in [0, 0.05) is 13.2 Å². The van der Waals surface area contributed by atoms with Crippen molar-refractivity contribution in [2.45, 2.75) is 38.4 Å². The molecule has 6 nitrogen and oxygen atoms in total. The first-order chi connectivity index (χ1) is 11.8. The molecule has 0 aromatic heterocycles. The molecule has 1 aliphatic heterocycles. The maximum Gasteiger partial charge on any atom is 0.471 e. The average Bonchev–Trinajstić information content (AvgIpc) is 2.96. The zero-order chi connectivity index (χ0) is 18.4. The van der Waals surface area contributed by atoms with Gasteiger partial charge in [0.15, 0.2) is 6.23 Å². The van der Waals surface area contributed by atoms with Crippen molar-refractivity contribution < 1.29 is 32.2 Å². The van der Waals surface area contributed by atoms with E-state index < -0.39 is 30.4 Å². The number of carbonyl (C=O) groups is 2. The van der Waals surface area contributed by atoms with Crippen LogP contribution in [0.5, 0.6) is 0 Å². The first kappa shape index (κ1) is 19.0. The molecule has 2 amide bonds. The summed E-state index contributed by atoms with van der Waals surface area (Å²) in [5.74, 6) is -2.05. The summed E-state index contributed by atoms with van der Waals surface area (Å²) in [7, 11) is 0. The van der Waals surface area contributed by atoms with Crippen LogP contribution in [0, 0.1) is 0 Å². The molecule has 0 bridgehead atoms. The lowest BCUT2D eigenvalue weighted by molar-refractivity contribution is -0.175. The topological polar surface area (TPSA) is 67.9 Å². The highest BCUT2D eigenvalue weighted by molar-refractivity contribution is 5.82. The van der Waals surface area contributed by atoms with Gasteiger partial charge in [0.25, 0.3) is 0 Å². The fourth-order valence-electron chi connectivity index (χ4n) is 2.53. The maximum absolute atomic E-state index is 12.4. The number of rotatable bonds is 5. The molecule has 1 saturated heterocycles. The molecule has 1 aromatic rings. The number of benzene rings is 1. The lowest BCUT2D eigenvalue weighted by Gasteiger charge is -2.27. The van der Waals surface area contributed by atoms with Crippen LogP contribution in [0.2, 0.25) is 0 Å². The van der Waals surface area contributed by atoms with Crippen molar-refractivity contribution in [2.24, 2.45) is 0 Å². The zero-order valence-electron chi connectivity index (χ0n) is 13.6. The number of halogens is 3. The Morgan fingerprint density at radius 3 is 2.56 bits per heavy atom. The summed E-state index contributed by atoms with van der Waals surface area (Å²) in [6, 6.07) is 8.03. The van der Waals surface area contributed by atoms with Crippen LogP contribution in [0.25, 0.3) is 0 Å². The molecular formula is C16H19F3N2O4. The molecule has 9 heteroatoms. The van der Waals surface area contributed by atoms with E-state index in [2.05, 4.69) is 0 Å². The van der Waals surface area contributed by atoms with Gasteiger partial charge in [0.1, 0.15) is 6.61 Å². The smallest absolute Gasteiger partial charge is 0.444 e. The number of hydrogen-bond acceptors (Lipinski definition) is 4. The van der Waals surface area contributed by atoms with E-state index in [1.54, 1.807) is 31.2 Å². The van der Waals surface area contributed by atoms with Crippen molar-refractivity contribution in [1.82, 2.24) is 10.2 Å². The Balaban J connectivity index is 1.97. The minimum atomic E-state index is -4.99. The van der Waals surface area contributed by atoms with Gasteiger partial charge < -0.3 is 14.8 Å². The number of likely N-dealkylation sites (tertiary alicyclic amines) is 1. The zero-order valence-corrected chi connectivity index (χ0v) is 13.6. The minimum Gasteiger partial charge on any atom is -0.444 e. The largest absolute Gasteiger partial charge is 0.471 e. The van der Waals surface area contributed by atoms with Gasteiger partial charge >= 0.3 is 18.2 Å². The Hall–Kier alpha value is -2.29.